The summed E-state index contributed by atoms with van der Waals surface area (Å²) in [6.07, 6.45) is 0. The van der Waals surface area contributed by atoms with E-state index >= 15 is 0 Å². The van der Waals surface area contributed by atoms with Crippen LogP contribution in [-0.2, 0) is 12.3 Å². The van der Waals surface area contributed by atoms with Crippen LogP contribution in [0.15, 0.2) is 28.7 Å². The highest BCUT2D eigenvalue weighted by molar-refractivity contribution is 7.98. The molecule has 2 heterocycles. The quantitative estimate of drug-likeness (QED) is 0.306. The summed E-state index contributed by atoms with van der Waals surface area (Å²) in [5, 5.41) is 23.2. The van der Waals surface area contributed by atoms with Gasteiger partial charge in [-0.1, -0.05) is 35.0 Å². The molecule has 136 valence electrons. The maximum atomic E-state index is 11.2. The van der Waals surface area contributed by atoms with Crippen molar-refractivity contribution in [2.45, 2.75) is 38.2 Å². The van der Waals surface area contributed by atoms with Crippen molar-refractivity contribution in [1.82, 2.24) is 14.8 Å². The predicted molar refractivity (Wildman–Crippen MR) is 106 cm³/mol. The van der Waals surface area contributed by atoms with E-state index in [1.165, 1.54) is 11.8 Å². The number of rotatable bonds is 6. The third kappa shape index (κ3) is 3.62. The lowest BCUT2D eigenvalue weighted by atomic mass is 10.1. The summed E-state index contributed by atoms with van der Waals surface area (Å²) in [5.74, 6) is 1.18. The Kier molecular flexibility index (Phi) is 5.64. The standard InChI is InChI=1S/C17H17ClN4O2S2/c1-4-21-16(15-14(18)11(3)8-25-15)19-20-17(21)26-9-12-7-10(2)5-6-13(12)22(23)24/h5-8H,4,9H2,1-3H3. The fourth-order valence-corrected chi connectivity index (χ4v) is 4.84. The summed E-state index contributed by atoms with van der Waals surface area (Å²) in [5.41, 5.74) is 2.81. The van der Waals surface area contributed by atoms with E-state index in [0.29, 0.717) is 22.9 Å². The minimum atomic E-state index is -0.348. The molecule has 0 saturated carbocycles. The van der Waals surface area contributed by atoms with E-state index in [9.17, 15) is 10.1 Å². The van der Waals surface area contributed by atoms with Gasteiger partial charge in [0.1, 0.15) is 0 Å². The molecule has 2 aromatic heterocycles. The first kappa shape index (κ1) is 18.9. The lowest BCUT2D eigenvalue weighted by Gasteiger charge is -2.07. The van der Waals surface area contributed by atoms with Crippen molar-refractivity contribution in [1.29, 1.82) is 0 Å². The maximum Gasteiger partial charge on any atom is 0.273 e. The Morgan fingerprint density at radius 2 is 2.12 bits per heavy atom. The van der Waals surface area contributed by atoms with Crippen molar-refractivity contribution in [2.24, 2.45) is 0 Å². The van der Waals surface area contributed by atoms with Gasteiger partial charge in [0.2, 0.25) is 0 Å². The molecule has 0 aliphatic carbocycles. The predicted octanol–water partition coefficient (Wildman–Crippen LogP) is 5.50. The second-order valence-corrected chi connectivity index (χ2v) is 7.99. The summed E-state index contributed by atoms with van der Waals surface area (Å²) >= 11 is 9.36. The van der Waals surface area contributed by atoms with Gasteiger partial charge < -0.3 is 4.57 Å². The molecule has 3 rings (SSSR count). The number of nitro groups is 1. The molecule has 0 unspecified atom stereocenters. The minimum Gasteiger partial charge on any atom is -0.302 e. The van der Waals surface area contributed by atoms with E-state index in [0.717, 1.165) is 27.0 Å². The second-order valence-electron chi connectivity index (χ2n) is 5.79. The summed E-state index contributed by atoms with van der Waals surface area (Å²) in [6.45, 7) is 6.58. The molecule has 1 aromatic carbocycles. The van der Waals surface area contributed by atoms with Crippen molar-refractivity contribution in [3.05, 3.63) is 55.4 Å². The highest BCUT2D eigenvalue weighted by Gasteiger charge is 2.20. The zero-order chi connectivity index (χ0) is 18.8. The highest BCUT2D eigenvalue weighted by Crippen LogP contribution is 2.37. The van der Waals surface area contributed by atoms with Crippen molar-refractivity contribution in [3.63, 3.8) is 0 Å². The summed E-state index contributed by atoms with van der Waals surface area (Å²) in [7, 11) is 0. The molecule has 0 aliphatic heterocycles. The van der Waals surface area contributed by atoms with Crippen LogP contribution in [-0.4, -0.2) is 19.7 Å². The van der Waals surface area contributed by atoms with Gasteiger partial charge in [-0.15, -0.1) is 21.5 Å². The average Bonchev–Trinajstić information content (AvgIpc) is 3.16. The van der Waals surface area contributed by atoms with Gasteiger partial charge in [0.25, 0.3) is 5.69 Å². The normalized spacial score (nSPS) is 11.1. The SMILES string of the molecule is CCn1c(SCc2cc(C)ccc2[N+](=O)[O-])nnc1-c1scc(C)c1Cl. The van der Waals surface area contributed by atoms with Crippen LogP contribution in [0, 0.1) is 24.0 Å². The van der Waals surface area contributed by atoms with Gasteiger partial charge >= 0.3 is 0 Å². The van der Waals surface area contributed by atoms with Crippen LogP contribution >= 0.6 is 34.7 Å². The van der Waals surface area contributed by atoms with E-state index < -0.39 is 0 Å². The molecule has 0 N–H and O–H groups in total. The molecule has 0 radical (unpaired) electrons. The van der Waals surface area contributed by atoms with Crippen LogP contribution in [0.2, 0.25) is 5.02 Å². The lowest BCUT2D eigenvalue weighted by molar-refractivity contribution is -0.385. The van der Waals surface area contributed by atoms with Crippen LogP contribution in [0.4, 0.5) is 5.69 Å². The van der Waals surface area contributed by atoms with Crippen LogP contribution in [0.25, 0.3) is 10.7 Å². The third-order valence-corrected chi connectivity index (χ3v) is 6.63. The molecule has 0 atom stereocenters. The van der Waals surface area contributed by atoms with Gasteiger partial charge in [-0.05, 0) is 37.8 Å². The number of aryl methyl sites for hydroxylation is 2. The van der Waals surface area contributed by atoms with E-state index in [4.69, 9.17) is 11.6 Å². The third-order valence-electron chi connectivity index (χ3n) is 3.92. The molecule has 6 nitrogen and oxygen atoms in total. The monoisotopic (exact) mass is 408 g/mol. The smallest absolute Gasteiger partial charge is 0.273 e. The second kappa shape index (κ2) is 7.77. The minimum absolute atomic E-state index is 0.128. The van der Waals surface area contributed by atoms with E-state index in [1.54, 1.807) is 23.5 Å². The molecule has 26 heavy (non-hydrogen) atoms. The number of halogens is 1. The molecule has 0 fully saturated rings. The van der Waals surface area contributed by atoms with E-state index in [-0.39, 0.29) is 10.6 Å². The number of hydrogen-bond acceptors (Lipinski definition) is 6. The Hall–Kier alpha value is -1.90. The van der Waals surface area contributed by atoms with Crippen molar-refractivity contribution < 1.29 is 4.92 Å². The summed E-state index contributed by atoms with van der Waals surface area (Å²) in [4.78, 5) is 11.8. The van der Waals surface area contributed by atoms with E-state index in [2.05, 4.69) is 10.2 Å². The fourth-order valence-electron chi connectivity index (χ4n) is 2.58. The first-order valence-electron chi connectivity index (χ1n) is 7.96. The number of thiophene rings is 1. The van der Waals surface area contributed by atoms with Gasteiger partial charge in [0.05, 0.1) is 14.8 Å². The molecule has 9 heteroatoms. The lowest BCUT2D eigenvalue weighted by Crippen LogP contribution is -2.00. The van der Waals surface area contributed by atoms with Gasteiger partial charge in [0, 0.05) is 23.9 Å². The number of hydrogen-bond donors (Lipinski definition) is 0. The van der Waals surface area contributed by atoms with Gasteiger partial charge in [0.15, 0.2) is 11.0 Å². The highest BCUT2D eigenvalue weighted by atomic mass is 35.5. The van der Waals surface area contributed by atoms with Crippen molar-refractivity contribution in [2.75, 3.05) is 0 Å². The molecule has 3 aromatic rings. The molecule has 0 amide bonds. The van der Waals surface area contributed by atoms with Crippen molar-refractivity contribution >= 4 is 40.4 Å². The first-order chi connectivity index (χ1) is 12.4. The Morgan fingerprint density at radius 3 is 2.73 bits per heavy atom. The average molecular weight is 409 g/mol. The zero-order valence-corrected chi connectivity index (χ0v) is 16.9. The number of nitrogens with zero attached hydrogens (tertiary/aromatic N) is 4. The number of aromatic nitrogens is 3. The van der Waals surface area contributed by atoms with Crippen LogP contribution in [0.1, 0.15) is 23.6 Å². The Balaban J connectivity index is 1.89. The largest absolute Gasteiger partial charge is 0.302 e. The first-order valence-corrected chi connectivity index (χ1v) is 10.2. The summed E-state index contributed by atoms with van der Waals surface area (Å²) in [6, 6.07) is 5.15. The van der Waals surface area contributed by atoms with Gasteiger partial charge in [-0.25, -0.2) is 0 Å². The van der Waals surface area contributed by atoms with Crippen LogP contribution < -0.4 is 0 Å². The molecule has 0 bridgehead atoms. The topological polar surface area (TPSA) is 73.8 Å². The Labute approximate surface area is 164 Å². The summed E-state index contributed by atoms with van der Waals surface area (Å²) < 4.78 is 1.99. The Morgan fingerprint density at radius 1 is 1.35 bits per heavy atom. The number of nitro benzene ring substituents is 1. The Bertz CT molecular complexity index is 968. The zero-order valence-electron chi connectivity index (χ0n) is 14.5. The molecule has 0 saturated heterocycles. The van der Waals surface area contributed by atoms with Gasteiger partial charge in [-0.3, -0.25) is 10.1 Å². The van der Waals surface area contributed by atoms with Crippen molar-refractivity contribution in [3.8, 4) is 10.7 Å². The molecule has 0 spiro atoms. The number of benzene rings is 1. The fraction of sp³-hybridized carbons (Fsp3) is 0.294. The van der Waals surface area contributed by atoms with Crippen LogP contribution in [0.3, 0.4) is 0 Å². The molecular weight excluding hydrogens is 392 g/mol. The number of thioether (sulfide) groups is 1. The molecule has 0 aliphatic rings. The van der Waals surface area contributed by atoms with E-state index in [1.807, 2.05) is 36.8 Å². The molecular formula is C17H17ClN4O2S2. The van der Waals surface area contributed by atoms with Crippen LogP contribution in [0.5, 0.6) is 0 Å². The van der Waals surface area contributed by atoms with Gasteiger partial charge in [-0.2, -0.15) is 0 Å². The maximum absolute atomic E-state index is 11.2.